The molecule has 29 heavy (non-hydrogen) atoms. The molecule has 0 saturated carbocycles. The Hall–Kier alpha value is -1.97. The van der Waals surface area contributed by atoms with E-state index in [9.17, 15) is 18.0 Å². The van der Waals surface area contributed by atoms with Gasteiger partial charge in [-0.25, -0.2) is 8.42 Å². The first-order valence-corrected chi connectivity index (χ1v) is 11.4. The molecule has 0 aromatic heterocycles. The van der Waals surface area contributed by atoms with Crippen molar-refractivity contribution >= 4 is 21.7 Å². The van der Waals surface area contributed by atoms with Crippen LogP contribution in [-0.2, 0) is 19.4 Å². The molecule has 1 heterocycles. The number of sulfone groups is 1. The lowest BCUT2D eigenvalue weighted by Crippen LogP contribution is -2.51. The van der Waals surface area contributed by atoms with Crippen molar-refractivity contribution in [3.63, 3.8) is 0 Å². The van der Waals surface area contributed by atoms with Gasteiger partial charge in [0.05, 0.1) is 22.3 Å². The van der Waals surface area contributed by atoms with Crippen molar-refractivity contribution in [1.82, 2.24) is 15.1 Å². The van der Waals surface area contributed by atoms with Gasteiger partial charge in [0.2, 0.25) is 5.91 Å². The van der Waals surface area contributed by atoms with Gasteiger partial charge in [-0.1, -0.05) is 12.1 Å². The number of benzene rings is 1. The SMILES string of the molecule is COCCCNC(=O)CN1CCN(C(=O)c2ccccc2S(=O)(=O)C(C)C)CC1. The van der Waals surface area contributed by atoms with Crippen LogP contribution in [0.4, 0.5) is 0 Å². The summed E-state index contributed by atoms with van der Waals surface area (Å²) < 4.78 is 30.2. The molecule has 2 amide bonds. The molecule has 1 fully saturated rings. The van der Waals surface area contributed by atoms with Crippen molar-refractivity contribution in [2.24, 2.45) is 0 Å². The number of rotatable bonds is 9. The second kappa shape index (κ2) is 10.7. The van der Waals surface area contributed by atoms with Crippen LogP contribution < -0.4 is 5.32 Å². The number of methoxy groups -OCH3 is 1. The number of carbonyl (C=O) groups is 2. The van der Waals surface area contributed by atoms with Crippen molar-refractivity contribution < 1.29 is 22.7 Å². The average molecular weight is 426 g/mol. The van der Waals surface area contributed by atoms with Gasteiger partial charge in [0.15, 0.2) is 9.84 Å². The van der Waals surface area contributed by atoms with E-state index < -0.39 is 15.1 Å². The Kier molecular flexibility index (Phi) is 8.60. The molecule has 9 heteroatoms. The van der Waals surface area contributed by atoms with Crippen LogP contribution in [-0.4, -0.2) is 88.3 Å². The third-order valence-electron chi connectivity index (χ3n) is 4.92. The molecule has 1 N–H and O–H groups in total. The minimum Gasteiger partial charge on any atom is -0.385 e. The van der Waals surface area contributed by atoms with Crippen molar-refractivity contribution in [2.45, 2.75) is 30.4 Å². The molecular weight excluding hydrogens is 394 g/mol. The Balaban J connectivity index is 1.94. The summed E-state index contributed by atoms with van der Waals surface area (Å²) in [5.41, 5.74) is 0.213. The number of carbonyl (C=O) groups excluding carboxylic acids is 2. The van der Waals surface area contributed by atoms with Crippen LogP contribution in [0.15, 0.2) is 29.2 Å². The summed E-state index contributed by atoms with van der Waals surface area (Å²) in [4.78, 5) is 28.7. The van der Waals surface area contributed by atoms with Gasteiger partial charge in [-0.2, -0.15) is 0 Å². The largest absolute Gasteiger partial charge is 0.385 e. The maximum absolute atomic E-state index is 13.0. The Morgan fingerprint density at radius 2 is 1.79 bits per heavy atom. The fraction of sp³-hybridized carbons (Fsp3) is 0.600. The zero-order valence-electron chi connectivity index (χ0n) is 17.4. The number of ether oxygens (including phenoxy) is 1. The van der Waals surface area contributed by atoms with Crippen molar-refractivity contribution in [3.8, 4) is 0 Å². The first kappa shape index (κ1) is 23.3. The molecule has 1 saturated heterocycles. The lowest BCUT2D eigenvalue weighted by Gasteiger charge is -2.34. The third kappa shape index (κ3) is 6.25. The quantitative estimate of drug-likeness (QED) is 0.588. The predicted molar refractivity (Wildman–Crippen MR) is 111 cm³/mol. The topological polar surface area (TPSA) is 96.0 Å². The standard InChI is InChI=1S/C20H31N3O5S/c1-16(2)29(26,27)18-8-5-4-7-17(18)20(25)23-12-10-22(11-13-23)15-19(24)21-9-6-14-28-3/h4-5,7-8,16H,6,9-15H2,1-3H3,(H,21,24). The van der Waals surface area contributed by atoms with Crippen LogP contribution in [0.2, 0.25) is 0 Å². The smallest absolute Gasteiger partial charge is 0.255 e. The van der Waals surface area contributed by atoms with E-state index in [1.807, 2.05) is 4.90 Å². The molecule has 1 aliphatic heterocycles. The lowest BCUT2D eigenvalue weighted by atomic mass is 10.2. The number of nitrogens with zero attached hydrogens (tertiary/aromatic N) is 2. The Morgan fingerprint density at radius 1 is 1.14 bits per heavy atom. The Morgan fingerprint density at radius 3 is 2.41 bits per heavy atom. The van der Waals surface area contributed by atoms with E-state index in [1.165, 1.54) is 6.07 Å². The minimum absolute atomic E-state index is 0.0470. The molecule has 1 aromatic rings. The van der Waals surface area contributed by atoms with Gasteiger partial charge in [0.1, 0.15) is 0 Å². The Bertz CT molecular complexity index is 802. The van der Waals surface area contributed by atoms with E-state index in [0.29, 0.717) is 39.3 Å². The van der Waals surface area contributed by atoms with Crippen LogP contribution in [0, 0.1) is 0 Å². The molecule has 8 nitrogen and oxygen atoms in total. The van der Waals surface area contributed by atoms with Crippen molar-refractivity contribution in [2.75, 3.05) is 53.0 Å². The summed E-state index contributed by atoms with van der Waals surface area (Å²) in [6, 6.07) is 6.37. The number of hydrogen-bond acceptors (Lipinski definition) is 6. The van der Waals surface area contributed by atoms with Crippen LogP contribution in [0.1, 0.15) is 30.6 Å². The van der Waals surface area contributed by atoms with Gasteiger partial charge < -0.3 is 15.0 Å². The highest BCUT2D eigenvalue weighted by Crippen LogP contribution is 2.22. The second-order valence-electron chi connectivity index (χ2n) is 7.35. The fourth-order valence-corrected chi connectivity index (χ4v) is 4.37. The molecule has 2 rings (SSSR count). The molecule has 0 unspecified atom stereocenters. The van der Waals surface area contributed by atoms with Crippen LogP contribution in [0.3, 0.4) is 0 Å². The molecular formula is C20H31N3O5S. The highest BCUT2D eigenvalue weighted by molar-refractivity contribution is 7.92. The van der Waals surface area contributed by atoms with E-state index >= 15 is 0 Å². The highest BCUT2D eigenvalue weighted by Gasteiger charge is 2.29. The molecule has 0 radical (unpaired) electrons. The van der Waals surface area contributed by atoms with Gasteiger partial charge >= 0.3 is 0 Å². The average Bonchev–Trinajstić information content (AvgIpc) is 2.71. The number of nitrogens with one attached hydrogen (secondary N) is 1. The minimum atomic E-state index is -3.55. The normalized spacial score (nSPS) is 15.5. The zero-order chi connectivity index (χ0) is 21.4. The van der Waals surface area contributed by atoms with Gasteiger partial charge in [-0.05, 0) is 32.4 Å². The monoisotopic (exact) mass is 425 g/mol. The van der Waals surface area contributed by atoms with Crippen molar-refractivity contribution in [1.29, 1.82) is 0 Å². The first-order chi connectivity index (χ1) is 13.8. The zero-order valence-corrected chi connectivity index (χ0v) is 18.2. The highest BCUT2D eigenvalue weighted by atomic mass is 32.2. The summed E-state index contributed by atoms with van der Waals surface area (Å²) in [5.74, 6) is -0.331. The molecule has 1 aliphatic rings. The maximum Gasteiger partial charge on any atom is 0.255 e. The van der Waals surface area contributed by atoms with Crippen LogP contribution >= 0.6 is 0 Å². The van der Waals surface area contributed by atoms with Gasteiger partial charge in [0.25, 0.3) is 5.91 Å². The number of amides is 2. The number of hydrogen-bond donors (Lipinski definition) is 1. The van der Waals surface area contributed by atoms with Crippen LogP contribution in [0.5, 0.6) is 0 Å². The third-order valence-corrected chi connectivity index (χ3v) is 7.13. The second-order valence-corrected chi connectivity index (χ2v) is 9.83. The lowest BCUT2D eigenvalue weighted by molar-refractivity contribution is -0.122. The summed E-state index contributed by atoms with van der Waals surface area (Å²) in [6.45, 7) is 6.71. The van der Waals surface area contributed by atoms with Crippen molar-refractivity contribution in [3.05, 3.63) is 29.8 Å². The van der Waals surface area contributed by atoms with E-state index in [1.54, 1.807) is 44.1 Å². The summed E-state index contributed by atoms with van der Waals surface area (Å²) in [5, 5.41) is 2.25. The summed E-state index contributed by atoms with van der Waals surface area (Å²) in [6.07, 6.45) is 0.767. The van der Waals surface area contributed by atoms with E-state index in [2.05, 4.69) is 5.32 Å². The van der Waals surface area contributed by atoms with Crippen LogP contribution in [0.25, 0.3) is 0 Å². The maximum atomic E-state index is 13.0. The molecule has 162 valence electrons. The molecule has 0 spiro atoms. The first-order valence-electron chi connectivity index (χ1n) is 9.87. The summed E-state index contributed by atoms with van der Waals surface area (Å²) in [7, 11) is -1.93. The van der Waals surface area contributed by atoms with Gasteiger partial charge in [0, 0.05) is 46.4 Å². The van der Waals surface area contributed by atoms with E-state index in [4.69, 9.17) is 4.74 Å². The predicted octanol–water partition coefficient (Wildman–Crippen LogP) is 0.779. The molecule has 0 atom stereocenters. The van der Waals surface area contributed by atoms with Gasteiger partial charge in [-0.15, -0.1) is 0 Å². The van der Waals surface area contributed by atoms with E-state index in [-0.39, 0.29) is 28.8 Å². The molecule has 0 bridgehead atoms. The fourth-order valence-electron chi connectivity index (χ4n) is 3.13. The molecule has 1 aromatic carbocycles. The Labute approximate surface area is 173 Å². The van der Waals surface area contributed by atoms with Gasteiger partial charge in [-0.3, -0.25) is 14.5 Å². The molecule has 0 aliphatic carbocycles. The summed E-state index contributed by atoms with van der Waals surface area (Å²) >= 11 is 0. The van der Waals surface area contributed by atoms with E-state index in [0.717, 1.165) is 6.42 Å². The number of piperazine rings is 1.